The number of carbonyl (C=O) groups is 1. The smallest absolute Gasteiger partial charge is 0.319 e. The second kappa shape index (κ2) is 6.28. The molecule has 1 aliphatic heterocycles. The summed E-state index contributed by atoms with van der Waals surface area (Å²) in [6.07, 6.45) is 2.02. The fraction of sp³-hybridized carbons (Fsp3) is 0.533. The van der Waals surface area contributed by atoms with Gasteiger partial charge in [-0.2, -0.15) is 0 Å². The summed E-state index contributed by atoms with van der Waals surface area (Å²) in [5.41, 5.74) is 2.68. The van der Waals surface area contributed by atoms with Gasteiger partial charge in [0.25, 0.3) is 0 Å². The van der Waals surface area contributed by atoms with Gasteiger partial charge in [0.2, 0.25) is 0 Å². The Bertz CT molecular complexity index is 399. The first-order valence-corrected chi connectivity index (χ1v) is 7.62. The Kier molecular flexibility index (Phi) is 4.70. The molecule has 2 rings (SSSR count). The molecule has 2 atom stereocenters. The Hall–Kier alpha value is -0.960. The lowest BCUT2D eigenvalue weighted by molar-refractivity contribution is -0.137. The summed E-state index contributed by atoms with van der Waals surface area (Å²) in [6, 6.07) is 8.76. The quantitative estimate of drug-likeness (QED) is 0.758. The molecular formula is C15H20O2S. The summed E-state index contributed by atoms with van der Waals surface area (Å²) in [6.45, 7) is 5.04. The third kappa shape index (κ3) is 3.29. The van der Waals surface area contributed by atoms with E-state index in [9.17, 15) is 4.79 Å². The lowest BCUT2D eigenvalue weighted by Crippen LogP contribution is -2.09. The van der Waals surface area contributed by atoms with Crippen molar-refractivity contribution in [1.82, 2.24) is 0 Å². The zero-order chi connectivity index (χ0) is 13.0. The van der Waals surface area contributed by atoms with Crippen LogP contribution in [-0.2, 0) is 15.3 Å². The van der Waals surface area contributed by atoms with Gasteiger partial charge in [0.15, 0.2) is 0 Å². The van der Waals surface area contributed by atoms with E-state index < -0.39 is 0 Å². The summed E-state index contributed by atoms with van der Waals surface area (Å²) in [5, 5.41) is 0.0410. The summed E-state index contributed by atoms with van der Waals surface area (Å²) >= 11 is 1.69. The van der Waals surface area contributed by atoms with Crippen molar-refractivity contribution in [2.24, 2.45) is 0 Å². The van der Waals surface area contributed by atoms with Crippen LogP contribution in [0.2, 0.25) is 0 Å². The third-order valence-electron chi connectivity index (χ3n) is 3.50. The maximum atomic E-state index is 11.3. The zero-order valence-corrected chi connectivity index (χ0v) is 11.8. The van der Waals surface area contributed by atoms with Gasteiger partial charge in [-0.1, -0.05) is 38.1 Å². The van der Waals surface area contributed by atoms with Crippen molar-refractivity contribution < 1.29 is 9.53 Å². The first-order chi connectivity index (χ1) is 8.70. The molecule has 0 amide bonds. The van der Waals surface area contributed by atoms with Crippen molar-refractivity contribution in [1.29, 1.82) is 0 Å². The number of cyclic esters (lactones) is 1. The highest BCUT2D eigenvalue weighted by atomic mass is 32.2. The highest BCUT2D eigenvalue weighted by Gasteiger charge is 2.26. The lowest BCUT2D eigenvalue weighted by atomic mass is 9.98. The summed E-state index contributed by atoms with van der Waals surface area (Å²) in [7, 11) is 0. The van der Waals surface area contributed by atoms with Crippen LogP contribution in [0.3, 0.4) is 0 Å². The van der Waals surface area contributed by atoms with Gasteiger partial charge in [0.1, 0.15) is 5.25 Å². The molecule has 0 bridgehead atoms. The molecular weight excluding hydrogens is 244 g/mol. The first-order valence-electron chi connectivity index (χ1n) is 6.57. The molecule has 98 valence electrons. The second-order valence-corrected chi connectivity index (χ2v) is 6.00. The maximum absolute atomic E-state index is 11.3. The monoisotopic (exact) mass is 264 g/mol. The van der Waals surface area contributed by atoms with Crippen LogP contribution in [0.1, 0.15) is 43.7 Å². The molecule has 0 aromatic heterocycles. The van der Waals surface area contributed by atoms with Crippen LogP contribution in [0.15, 0.2) is 24.3 Å². The SMILES string of the molecule is CCC(C)c1ccc(CSC2CCOC2=O)cc1. The third-order valence-corrected chi connectivity index (χ3v) is 4.83. The molecule has 2 unspecified atom stereocenters. The Balaban J connectivity index is 1.88. The van der Waals surface area contributed by atoms with Crippen LogP contribution in [0, 0.1) is 0 Å². The maximum Gasteiger partial charge on any atom is 0.319 e. The van der Waals surface area contributed by atoms with E-state index in [0.29, 0.717) is 12.5 Å². The van der Waals surface area contributed by atoms with Crippen molar-refractivity contribution in [2.75, 3.05) is 6.61 Å². The van der Waals surface area contributed by atoms with Gasteiger partial charge in [-0.25, -0.2) is 0 Å². The topological polar surface area (TPSA) is 26.3 Å². The standard InChI is InChI=1S/C15H20O2S/c1-3-11(2)13-6-4-12(5-7-13)10-18-14-8-9-17-15(14)16/h4-7,11,14H,3,8-10H2,1-2H3. The van der Waals surface area contributed by atoms with E-state index >= 15 is 0 Å². The Labute approximate surface area is 113 Å². The summed E-state index contributed by atoms with van der Waals surface area (Å²) in [4.78, 5) is 11.3. The van der Waals surface area contributed by atoms with Gasteiger partial charge in [0.05, 0.1) is 6.61 Å². The van der Waals surface area contributed by atoms with Crippen molar-refractivity contribution >= 4 is 17.7 Å². The zero-order valence-electron chi connectivity index (χ0n) is 11.0. The molecule has 0 aliphatic carbocycles. The molecule has 1 heterocycles. The average molecular weight is 264 g/mol. The van der Waals surface area contributed by atoms with E-state index in [4.69, 9.17) is 4.74 Å². The molecule has 1 aromatic rings. The van der Waals surface area contributed by atoms with Crippen LogP contribution < -0.4 is 0 Å². The number of benzene rings is 1. The second-order valence-electron chi connectivity index (χ2n) is 4.81. The number of rotatable bonds is 5. The number of ether oxygens (including phenoxy) is 1. The molecule has 2 nitrogen and oxygen atoms in total. The molecule has 18 heavy (non-hydrogen) atoms. The Morgan fingerprint density at radius 3 is 2.67 bits per heavy atom. The lowest BCUT2D eigenvalue weighted by Gasteiger charge is -2.10. The molecule has 0 spiro atoms. The fourth-order valence-corrected chi connectivity index (χ4v) is 3.06. The Morgan fingerprint density at radius 1 is 1.39 bits per heavy atom. The number of hydrogen-bond acceptors (Lipinski definition) is 3. The van der Waals surface area contributed by atoms with Gasteiger partial charge < -0.3 is 4.74 Å². The molecule has 1 aliphatic rings. The molecule has 1 aromatic carbocycles. The largest absolute Gasteiger partial charge is 0.465 e. The molecule has 0 radical (unpaired) electrons. The predicted octanol–water partition coefficient (Wildman–Crippen LogP) is 3.75. The van der Waals surface area contributed by atoms with Gasteiger partial charge in [0, 0.05) is 12.2 Å². The number of hydrogen-bond donors (Lipinski definition) is 0. The van der Waals surface area contributed by atoms with Crippen molar-refractivity contribution in [3.8, 4) is 0 Å². The van der Waals surface area contributed by atoms with Crippen molar-refractivity contribution in [3.05, 3.63) is 35.4 Å². The molecule has 1 fully saturated rings. The van der Waals surface area contributed by atoms with Crippen molar-refractivity contribution in [2.45, 2.75) is 43.6 Å². The number of esters is 1. The number of thioether (sulfide) groups is 1. The predicted molar refractivity (Wildman–Crippen MR) is 75.8 cm³/mol. The van der Waals surface area contributed by atoms with Gasteiger partial charge in [-0.15, -0.1) is 11.8 Å². The van der Waals surface area contributed by atoms with Crippen LogP contribution in [0.25, 0.3) is 0 Å². The van der Waals surface area contributed by atoms with Crippen LogP contribution in [0.4, 0.5) is 0 Å². The van der Waals surface area contributed by atoms with Gasteiger partial charge >= 0.3 is 5.97 Å². The van der Waals surface area contributed by atoms with E-state index in [1.165, 1.54) is 17.5 Å². The molecule has 0 saturated carbocycles. The summed E-state index contributed by atoms with van der Waals surface area (Å²) in [5.74, 6) is 1.47. The first kappa shape index (κ1) is 13.5. The minimum atomic E-state index is -0.0452. The van der Waals surface area contributed by atoms with Gasteiger partial charge in [-0.05, 0) is 23.5 Å². The molecule has 0 N–H and O–H groups in total. The normalized spacial score (nSPS) is 20.8. The van der Waals surface area contributed by atoms with Crippen LogP contribution >= 0.6 is 11.8 Å². The van der Waals surface area contributed by atoms with E-state index in [1.54, 1.807) is 11.8 Å². The highest BCUT2D eigenvalue weighted by molar-refractivity contribution is 7.99. The van der Waals surface area contributed by atoms with Crippen LogP contribution in [0.5, 0.6) is 0 Å². The van der Waals surface area contributed by atoms with Gasteiger partial charge in [-0.3, -0.25) is 4.79 Å². The highest BCUT2D eigenvalue weighted by Crippen LogP contribution is 2.26. The minimum absolute atomic E-state index is 0.0410. The average Bonchev–Trinajstić information content (AvgIpc) is 2.81. The fourth-order valence-electron chi connectivity index (χ4n) is 2.00. The molecule has 3 heteroatoms. The molecule has 1 saturated heterocycles. The minimum Gasteiger partial charge on any atom is -0.465 e. The van der Waals surface area contributed by atoms with Crippen molar-refractivity contribution in [3.63, 3.8) is 0 Å². The number of carbonyl (C=O) groups excluding carboxylic acids is 1. The summed E-state index contributed by atoms with van der Waals surface area (Å²) < 4.78 is 4.96. The van der Waals surface area contributed by atoms with E-state index in [-0.39, 0.29) is 11.2 Å². The van der Waals surface area contributed by atoms with E-state index in [2.05, 4.69) is 38.1 Å². The van der Waals surface area contributed by atoms with E-state index in [0.717, 1.165) is 12.2 Å². The van der Waals surface area contributed by atoms with Crippen LogP contribution in [-0.4, -0.2) is 17.8 Å². The Morgan fingerprint density at radius 2 is 2.11 bits per heavy atom. The van der Waals surface area contributed by atoms with E-state index in [1.807, 2.05) is 0 Å².